The molecule has 0 radical (unpaired) electrons. The van der Waals surface area contributed by atoms with E-state index in [4.69, 9.17) is 0 Å². The average Bonchev–Trinajstić information content (AvgIpc) is 2.37. The van der Waals surface area contributed by atoms with Gasteiger partial charge in [0.25, 0.3) is 5.69 Å². The van der Waals surface area contributed by atoms with Gasteiger partial charge < -0.3 is 10.0 Å². The van der Waals surface area contributed by atoms with E-state index < -0.39 is 6.10 Å². The minimum Gasteiger partial charge on any atom is -0.391 e. The summed E-state index contributed by atoms with van der Waals surface area (Å²) in [6.07, 6.45) is 1.24. The van der Waals surface area contributed by atoms with Crippen LogP contribution in [0.1, 0.15) is 38.2 Å². The highest BCUT2D eigenvalue weighted by atomic mass is 16.6. The molecule has 2 rings (SSSR count). The number of anilines is 1. The number of rotatable bonds is 3. The van der Waals surface area contributed by atoms with Gasteiger partial charge in [-0.25, -0.2) is 0 Å². The van der Waals surface area contributed by atoms with E-state index in [9.17, 15) is 15.2 Å². The first-order valence-electron chi connectivity index (χ1n) is 6.70. The maximum atomic E-state index is 11.1. The molecule has 0 saturated carbocycles. The number of piperidine rings is 1. The third-order valence-electron chi connectivity index (χ3n) is 3.60. The highest BCUT2D eigenvalue weighted by Crippen LogP contribution is 2.33. The van der Waals surface area contributed by atoms with Crippen LogP contribution in [-0.2, 0) is 0 Å². The Bertz CT molecular complexity index is 474. The summed E-state index contributed by atoms with van der Waals surface area (Å²) in [5.41, 5.74) is 1.84. The lowest BCUT2D eigenvalue weighted by atomic mass is 10.0. The van der Waals surface area contributed by atoms with Crippen LogP contribution in [0.25, 0.3) is 0 Å². The number of nitro groups is 1. The largest absolute Gasteiger partial charge is 0.391 e. The van der Waals surface area contributed by atoms with Gasteiger partial charge in [-0.3, -0.25) is 10.1 Å². The summed E-state index contributed by atoms with van der Waals surface area (Å²) in [4.78, 5) is 12.7. The zero-order chi connectivity index (χ0) is 14.0. The van der Waals surface area contributed by atoms with Crippen molar-refractivity contribution in [3.05, 3.63) is 33.9 Å². The summed E-state index contributed by atoms with van der Waals surface area (Å²) in [7, 11) is 0. The fraction of sp³-hybridized carbons (Fsp3) is 0.571. The van der Waals surface area contributed by atoms with E-state index in [2.05, 4.69) is 13.8 Å². The Morgan fingerprint density at radius 1 is 1.47 bits per heavy atom. The predicted octanol–water partition coefficient (Wildman–Crippen LogP) is 2.68. The number of nitro benzene ring substituents is 1. The summed E-state index contributed by atoms with van der Waals surface area (Å²) < 4.78 is 0. The van der Waals surface area contributed by atoms with Crippen LogP contribution in [0.15, 0.2) is 18.2 Å². The second-order valence-electron chi connectivity index (χ2n) is 5.40. The third-order valence-corrected chi connectivity index (χ3v) is 3.60. The normalized spacial score (nSPS) is 19.8. The molecule has 1 aliphatic heterocycles. The van der Waals surface area contributed by atoms with Crippen molar-refractivity contribution in [2.45, 2.75) is 38.7 Å². The van der Waals surface area contributed by atoms with Gasteiger partial charge in [0.1, 0.15) is 5.69 Å². The summed E-state index contributed by atoms with van der Waals surface area (Å²) in [6.45, 7) is 5.37. The zero-order valence-electron chi connectivity index (χ0n) is 11.4. The molecule has 1 aromatic carbocycles. The molecule has 1 aliphatic rings. The number of aliphatic hydroxyl groups is 1. The fourth-order valence-corrected chi connectivity index (χ4v) is 2.48. The molecule has 0 aromatic heterocycles. The highest BCUT2D eigenvalue weighted by Gasteiger charge is 2.25. The van der Waals surface area contributed by atoms with E-state index in [1.165, 1.54) is 0 Å². The second-order valence-corrected chi connectivity index (χ2v) is 5.40. The van der Waals surface area contributed by atoms with Crippen LogP contribution in [0.3, 0.4) is 0 Å². The van der Waals surface area contributed by atoms with Crippen LogP contribution >= 0.6 is 0 Å². The predicted molar refractivity (Wildman–Crippen MR) is 74.6 cm³/mol. The minimum absolute atomic E-state index is 0.124. The van der Waals surface area contributed by atoms with Gasteiger partial charge in [-0.1, -0.05) is 19.9 Å². The first-order valence-corrected chi connectivity index (χ1v) is 6.70. The van der Waals surface area contributed by atoms with E-state index in [-0.39, 0.29) is 10.6 Å². The molecule has 1 N–H and O–H groups in total. The Morgan fingerprint density at radius 2 is 2.21 bits per heavy atom. The van der Waals surface area contributed by atoms with Gasteiger partial charge in [0, 0.05) is 19.2 Å². The van der Waals surface area contributed by atoms with Gasteiger partial charge in [0.2, 0.25) is 0 Å². The van der Waals surface area contributed by atoms with Gasteiger partial charge >= 0.3 is 0 Å². The van der Waals surface area contributed by atoms with E-state index >= 15 is 0 Å². The molecule has 1 aromatic rings. The standard InChI is InChI=1S/C14H20N2O3/c1-10(2)11-5-6-13(16(18)19)14(8-11)15-7-3-4-12(17)9-15/h5-6,8,10,12,17H,3-4,7,9H2,1-2H3. The first-order chi connectivity index (χ1) is 8.99. The topological polar surface area (TPSA) is 66.6 Å². The second kappa shape index (κ2) is 5.57. The molecule has 1 atom stereocenters. The van der Waals surface area contributed by atoms with Crippen molar-refractivity contribution in [2.24, 2.45) is 0 Å². The molecule has 1 unspecified atom stereocenters. The van der Waals surface area contributed by atoms with Crippen LogP contribution in [0.2, 0.25) is 0 Å². The summed E-state index contributed by atoms with van der Waals surface area (Å²) in [6, 6.07) is 5.28. The van der Waals surface area contributed by atoms with E-state index in [0.717, 1.165) is 24.9 Å². The zero-order valence-corrected chi connectivity index (χ0v) is 11.4. The van der Waals surface area contributed by atoms with Crippen LogP contribution < -0.4 is 4.90 Å². The highest BCUT2D eigenvalue weighted by molar-refractivity contribution is 5.65. The molecule has 0 amide bonds. The lowest BCUT2D eigenvalue weighted by molar-refractivity contribution is -0.384. The SMILES string of the molecule is CC(C)c1ccc([N+](=O)[O-])c(N2CCCC(O)C2)c1. The quantitative estimate of drug-likeness (QED) is 0.673. The molecule has 1 heterocycles. The van der Waals surface area contributed by atoms with Crippen LogP contribution in [0.5, 0.6) is 0 Å². The third kappa shape index (κ3) is 3.04. The Balaban J connectivity index is 2.39. The Hall–Kier alpha value is -1.62. The maximum absolute atomic E-state index is 11.1. The molecular weight excluding hydrogens is 244 g/mol. The molecule has 5 nitrogen and oxygen atoms in total. The molecular formula is C14H20N2O3. The number of aliphatic hydroxyl groups excluding tert-OH is 1. The van der Waals surface area contributed by atoms with Gasteiger partial charge in [0.05, 0.1) is 11.0 Å². The molecule has 5 heteroatoms. The lowest BCUT2D eigenvalue weighted by Gasteiger charge is -2.32. The van der Waals surface area contributed by atoms with Crippen molar-refractivity contribution < 1.29 is 10.0 Å². The first kappa shape index (κ1) is 13.8. The number of β-amino-alcohol motifs (C(OH)–C–C–N with tert-alkyl or cyclic N) is 1. The number of hydrogen-bond donors (Lipinski definition) is 1. The van der Waals surface area contributed by atoms with Crippen molar-refractivity contribution in [1.82, 2.24) is 0 Å². The van der Waals surface area contributed by atoms with Crippen molar-refractivity contribution in [1.29, 1.82) is 0 Å². The Morgan fingerprint density at radius 3 is 2.79 bits per heavy atom. The molecule has 1 fully saturated rings. The van der Waals surface area contributed by atoms with Crippen LogP contribution in [0, 0.1) is 10.1 Å². The van der Waals surface area contributed by atoms with Crippen molar-refractivity contribution in [3.8, 4) is 0 Å². The maximum Gasteiger partial charge on any atom is 0.292 e. The van der Waals surface area contributed by atoms with Gasteiger partial charge in [-0.2, -0.15) is 0 Å². The van der Waals surface area contributed by atoms with Crippen molar-refractivity contribution in [2.75, 3.05) is 18.0 Å². The lowest BCUT2D eigenvalue weighted by Crippen LogP contribution is -2.38. The number of nitrogens with zero attached hydrogens (tertiary/aromatic N) is 2. The molecule has 0 bridgehead atoms. The van der Waals surface area contributed by atoms with Gasteiger partial charge in [0.15, 0.2) is 0 Å². The van der Waals surface area contributed by atoms with Crippen molar-refractivity contribution in [3.63, 3.8) is 0 Å². The monoisotopic (exact) mass is 264 g/mol. The number of hydrogen-bond acceptors (Lipinski definition) is 4. The average molecular weight is 264 g/mol. The van der Waals surface area contributed by atoms with Crippen LogP contribution in [0.4, 0.5) is 11.4 Å². The Kier molecular flexibility index (Phi) is 4.04. The minimum atomic E-state index is -0.393. The fourth-order valence-electron chi connectivity index (χ4n) is 2.48. The smallest absolute Gasteiger partial charge is 0.292 e. The van der Waals surface area contributed by atoms with Crippen molar-refractivity contribution >= 4 is 11.4 Å². The van der Waals surface area contributed by atoms with E-state index in [0.29, 0.717) is 18.2 Å². The number of benzene rings is 1. The summed E-state index contributed by atoms with van der Waals surface area (Å²) in [5.74, 6) is 0.328. The van der Waals surface area contributed by atoms with Gasteiger partial charge in [-0.15, -0.1) is 0 Å². The molecule has 1 saturated heterocycles. The van der Waals surface area contributed by atoms with Crippen LogP contribution in [-0.4, -0.2) is 29.2 Å². The molecule has 0 spiro atoms. The summed E-state index contributed by atoms with van der Waals surface area (Å²) >= 11 is 0. The molecule has 0 aliphatic carbocycles. The van der Waals surface area contributed by atoms with E-state index in [1.54, 1.807) is 6.07 Å². The van der Waals surface area contributed by atoms with Gasteiger partial charge in [-0.05, 0) is 30.4 Å². The van der Waals surface area contributed by atoms with E-state index in [1.807, 2.05) is 17.0 Å². The Labute approximate surface area is 113 Å². The molecule has 104 valence electrons. The summed E-state index contributed by atoms with van der Waals surface area (Å²) in [5, 5.41) is 20.9. The molecule has 19 heavy (non-hydrogen) atoms.